The number of fused-ring (bicyclic) bond motifs is 3. The highest BCUT2D eigenvalue weighted by Gasteiger charge is 2.36. The Labute approximate surface area is 116 Å². The highest BCUT2D eigenvalue weighted by Crippen LogP contribution is 2.30. The molecule has 0 aliphatic carbocycles. The van der Waals surface area contributed by atoms with E-state index in [4.69, 9.17) is 4.74 Å². The molecule has 0 amide bonds. The van der Waals surface area contributed by atoms with Crippen LogP contribution in [-0.4, -0.2) is 49.1 Å². The van der Waals surface area contributed by atoms with Crippen molar-refractivity contribution in [3.63, 3.8) is 0 Å². The van der Waals surface area contributed by atoms with Crippen LogP contribution in [0.5, 0.6) is 0 Å². The molecule has 0 saturated carbocycles. The maximum atomic E-state index is 5.92. The van der Waals surface area contributed by atoms with Crippen molar-refractivity contribution in [2.45, 2.75) is 38.6 Å². The molecule has 0 spiro atoms. The van der Waals surface area contributed by atoms with Gasteiger partial charge in [-0.2, -0.15) is 0 Å². The van der Waals surface area contributed by atoms with Crippen molar-refractivity contribution in [1.82, 2.24) is 29.9 Å². The van der Waals surface area contributed by atoms with Crippen LogP contribution in [-0.2, 0) is 17.9 Å². The molecule has 2 aromatic rings. The van der Waals surface area contributed by atoms with Crippen molar-refractivity contribution in [3.05, 3.63) is 29.6 Å². The minimum absolute atomic E-state index is 0.268. The lowest BCUT2D eigenvalue weighted by Crippen LogP contribution is -2.47. The third-order valence-corrected chi connectivity index (χ3v) is 4.16. The molecule has 2 aliphatic heterocycles. The number of aromatic amines is 1. The van der Waals surface area contributed by atoms with E-state index in [1.165, 1.54) is 0 Å². The number of imidazole rings is 1. The molecule has 1 saturated heterocycles. The molecule has 0 bridgehead atoms. The monoisotopic (exact) mass is 274 g/mol. The van der Waals surface area contributed by atoms with Gasteiger partial charge in [0, 0.05) is 31.5 Å². The normalized spacial score (nSPS) is 26.2. The van der Waals surface area contributed by atoms with Crippen LogP contribution < -0.4 is 0 Å². The van der Waals surface area contributed by atoms with Crippen molar-refractivity contribution in [2.75, 3.05) is 13.1 Å². The first-order chi connectivity index (χ1) is 9.79. The Balaban J connectivity index is 1.51. The summed E-state index contributed by atoms with van der Waals surface area (Å²) in [5, 5.41) is 8.23. The molecule has 7 nitrogen and oxygen atoms in total. The summed E-state index contributed by atoms with van der Waals surface area (Å²) in [4.78, 5) is 9.97. The van der Waals surface area contributed by atoms with Gasteiger partial charge in [-0.25, -0.2) is 9.67 Å². The number of H-pyrrole nitrogens is 1. The Hall–Kier alpha value is -1.73. The van der Waals surface area contributed by atoms with E-state index in [-0.39, 0.29) is 12.1 Å². The maximum Gasteiger partial charge on any atom is 0.103 e. The highest BCUT2D eigenvalue weighted by molar-refractivity contribution is 5.03. The van der Waals surface area contributed by atoms with Crippen molar-refractivity contribution in [2.24, 2.45) is 0 Å². The van der Waals surface area contributed by atoms with E-state index in [1.807, 2.05) is 17.8 Å². The summed E-state index contributed by atoms with van der Waals surface area (Å²) in [6, 6.07) is 0.277. The molecule has 1 N–H and O–H groups in total. The van der Waals surface area contributed by atoms with Crippen molar-refractivity contribution >= 4 is 0 Å². The lowest BCUT2D eigenvalue weighted by molar-refractivity contribution is -0.0671. The second kappa shape index (κ2) is 4.68. The van der Waals surface area contributed by atoms with E-state index in [9.17, 15) is 0 Å². The summed E-state index contributed by atoms with van der Waals surface area (Å²) in [6.07, 6.45) is 5.02. The summed E-state index contributed by atoms with van der Waals surface area (Å²) in [6.45, 7) is 5.50. The molecule has 4 heterocycles. The Bertz CT molecular complexity index is 606. The van der Waals surface area contributed by atoms with Crippen LogP contribution in [0.4, 0.5) is 0 Å². The Kier molecular flexibility index (Phi) is 2.82. The molecular weight excluding hydrogens is 256 g/mol. The van der Waals surface area contributed by atoms with Gasteiger partial charge in [-0.15, -0.1) is 5.10 Å². The fraction of sp³-hybridized carbons (Fsp3) is 0.615. The first-order valence-corrected chi connectivity index (χ1v) is 7.03. The average molecular weight is 274 g/mol. The quantitative estimate of drug-likeness (QED) is 0.871. The maximum absolute atomic E-state index is 5.92. The topological polar surface area (TPSA) is 71.9 Å². The molecule has 2 atom stereocenters. The van der Waals surface area contributed by atoms with Gasteiger partial charge in [-0.05, 0) is 13.3 Å². The molecule has 4 rings (SSSR count). The molecule has 20 heavy (non-hydrogen) atoms. The van der Waals surface area contributed by atoms with E-state index in [0.29, 0.717) is 6.61 Å². The molecule has 0 aromatic carbocycles. The number of aromatic nitrogens is 5. The third-order valence-electron chi connectivity index (χ3n) is 4.16. The summed E-state index contributed by atoms with van der Waals surface area (Å²) >= 11 is 0. The predicted octanol–water partition coefficient (Wildman–Crippen LogP) is 0.655. The Morgan fingerprint density at radius 3 is 3.25 bits per heavy atom. The number of piperidine rings is 1. The zero-order valence-electron chi connectivity index (χ0n) is 11.5. The Morgan fingerprint density at radius 2 is 2.40 bits per heavy atom. The number of nitrogens with one attached hydrogen (secondary N) is 1. The van der Waals surface area contributed by atoms with Gasteiger partial charge >= 0.3 is 0 Å². The smallest absolute Gasteiger partial charge is 0.103 e. The summed E-state index contributed by atoms with van der Waals surface area (Å²) in [5.41, 5.74) is 2.24. The molecule has 1 fully saturated rings. The molecule has 106 valence electrons. The zero-order chi connectivity index (χ0) is 13.5. The van der Waals surface area contributed by atoms with E-state index in [1.54, 1.807) is 6.20 Å². The average Bonchev–Trinajstić information content (AvgIpc) is 3.07. The minimum atomic E-state index is 0.268. The van der Waals surface area contributed by atoms with Crippen LogP contribution in [0.25, 0.3) is 0 Å². The van der Waals surface area contributed by atoms with Gasteiger partial charge in [0.1, 0.15) is 5.82 Å². The number of hydrogen-bond acceptors (Lipinski definition) is 5. The highest BCUT2D eigenvalue weighted by atomic mass is 16.5. The molecule has 2 aliphatic rings. The number of ether oxygens (including phenoxy) is 1. The van der Waals surface area contributed by atoms with Crippen molar-refractivity contribution < 1.29 is 4.74 Å². The van der Waals surface area contributed by atoms with Gasteiger partial charge in [-0.1, -0.05) is 5.21 Å². The zero-order valence-corrected chi connectivity index (χ0v) is 11.5. The molecule has 0 radical (unpaired) electrons. The minimum Gasteiger partial charge on any atom is -0.370 e. The SMILES string of the molecule is Cc1ncc(CN2CC[C@H]3OCc4cnnn4[C@H]3C2)[nH]1. The second-order valence-electron chi connectivity index (χ2n) is 5.60. The van der Waals surface area contributed by atoms with Crippen LogP contribution in [0.3, 0.4) is 0 Å². The van der Waals surface area contributed by atoms with Crippen LogP contribution in [0, 0.1) is 6.92 Å². The lowest BCUT2D eigenvalue weighted by atomic mass is 10.0. The number of likely N-dealkylation sites (tertiary alicyclic amines) is 1. The van der Waals surface area contributed by atoms with Gasteiger partial charge in [0.15, 0.2) is 0 Å². The van der Waals surface area contributed by atoms with Gasteiger partial charge in [-0.3, -0.25) is 4.90 Å². The van der Waals surface area contributed by atoms with Crippen LogP contribution in [0.1, 0.15) is 29.7 Å². The number of nitrogens with zero attached hydrogens (tertiary/aromatic N) is 5. The summed E-state index contributed by atoms with van der Waals surface area (Å²) < 4.78 is 7.96. The second-order valence-corrected chi connectivity index (χ2v) is 5.60. The van der Waals surface area contributed by atoms with Crippen LogP contribution in [0.15, 0.2) is 12.4 Å². The predicted molar refractivity (Wildman–Crippen MR) is 70.9 cm³/mol. The lowest BCUT2D eigenvalue weighted by Gasteiger charge is -2.40. The van der Waals surface area contributed by atoms with E-state index in [2.05, 4.69) is 25.2 Å². The third kappa shape index (κ3) is 2.03. The van der Waals surface area contributed by atoms with Crippen LogP contribution >= 0.6 is 0 Å². The van der Waals surface area contributed by atoms with E-state index in [0.717, 1.165) is 43.3 Å². The summed E-state index contributed by atoms with van der Waals surface area (Å²) in [7, 11) is 0. The first kappa shape index (κ1) is 12.0. The van der Waals surface area contributed by atoms with Crippen LogP contribution in [0.2, 0.25) is 0 Å². The van der Waals surface area contributed by atoms with Crippen molar-refractivity contribution in [3.8, 4) is 0 Å². The van der Waals surface area contributed by atoms with Gasteiger partial charge in [0.25, 0.3) is 0 Å². The van der Waals surface area contributed by atoms with Gasteiger partial charge in [0.05, 0.1) is 30.6 Å². The molecular formula is C13H18N6O. The van der Waals surface area contributed by atoms with Gasteiger partial charge in [0.2, 0.25) is 0 Å². The number of rotatable bonds is 2. The van der Waals surface area contributed by atoms with Gasteiger partial charge < -0.3 is 9.72 Å². The fourth-order valence-electron chi connectivity index (χ4n) is 3.18. The fourth-order valence-corrected chi connectivity index (χ4v) is 3.18. The first-order valence-electron chi connectivity index (χ1n) is 7.03. The molecule has 7 heteroatoms. The standard InChI is InChI=1S/C13H18N6O/c1-9-14-4-10(16-9)6-18-3-2-13-12(7-18)19-11(8-20-13)5-15-17-19/h4-5,12-13H,2-3,6-8H2,1H3,(H,14,16)/t12-,13+/m0/s1. The Morgan fingerprint density at radius 1 is 1.45 bits per heavy atom. The largest absolute Gasteiger partial charge is 0.370 e. The van der Waals surface area contributed by atoms with E-state index < -0.39 is 0 Å². The van der Waals surface area contributed by atoms with E-state index >= 15 is 0 Å². The van der Waals surface area contributed by atoms with Crippen molar-refractivity contribution in [1.29, 1.82) is 0 Å². The molecule has 0 unspecified atom stereocenters. The summed E-state index contributed by atoms with van der Waals surface area (Å²) in [5.74, 6) is 0.967. The molecule has 2 aromatic heterocycles. The number of hydrogen-bond donors (Lipinski definition) is 1. The number of aryl methyl sites for hydroxylation is 1.